The molecule has 0 aliphatic heterocycles. The van der Waals surface area contributed by atoms with Crippen LogP contribution < -0.4 is 20.7 Å². The highest BCUT2D eigenvalue weighted by Gasteiger charge is 2.04. The Balaban J connectivity index is 1.70. The Morgan fingerprint density at radius 3 is 1.93 bits per heavy atom. The van der Waals surface area contributed by atoms with Crippen molar-refractivity contribution in [3.05, 3.63) is 48.5 Å². The van der Waals surface area contributed by atoms with Crippen molar-refractivity contribution in [2.75, 3.05) is 29.1 Å². The molecular weight excluding hydrogens is 378 g/mol. The second-order valence-corrected chi connectivity index (χ2v) is 7.21. The van der Waals surface area contributed by atoms with E-state index in [1.165, 1.54) is 19.3 Å². The van der Waals surface area contributed by atoms with E-state index in [2.05, 4.69) is 22.9 Å². The van der Waals surface area contributed by atoms with Crippen LogP contribution in [0.5, 0.6) is 5.75 Å². The SMILES string of the molecule is CCCCCCOc1ccc(NCC(=O)Nc2ccc(NC(=O)CCC)cc2)cc1. The molecule has 0 aliphatic carbocycles. The molecular formula is C24H33N3O3. The molecule has 0 bridgehead atoms. The fourth-order valence-corrected chi connectivity index (χ4v) is 2.86. The molecule has 0 heterocycles. The third kappa shape index (κ3) is 8.99. The van der Waals surface area contributed by atoms with Crippen molar-refractivity contribution in [2.24, 2.45) is 0 Å². The van der Waals surface area contributed by atoms with Gasteiger partial charge < -0.3 is 20.7 Å². The summed E-state index contributed by atoms with van der Waals surface area (Å²) in [6.07, 6.45) is 6.03. The van der Waals surface area contributed by atoms with Gasteiger partial charge in [0, 0.05) is 23.5 Å². The highest BCUT2D eigenvalue weighted by Crippen LogP contribution is 2.17. The van der Waals surface area contributed by atoms with Crippen LogP contribution in [0.2, 0.25) is 0 Å². The molecule has 0 unspecified atom stereocenters. The Morgan fingerprint density at radius 1 is 0.733 bits per heavy atom. The molecule has 3 N–H and O–H groups in total. The van der Waals surface area contributed by atoms with Crippen molar-refractivity contribution in [1.29, 1.82) is 0 Å². The lowest BCUT2D eigenvalue weighted by Gasteiger charge is -2.10. The number of hydrogen-bond donors (Lipinski definition) is 3. The van der Waals surface area contributed by atoms with Crippen LogP contribution in [0, 0.1) is 0 Å². The Labute approximate surface area is 179 Å². The molecule has 0 atom stereocenters. The average molecular weight is 412 g/mol. The Hall–Kier alpha value is -3.02. The van der Waals surface area contributed by atoms with Crippen LogP contribution in [0.1, 0.15) is 52.4 Å². The van der Waals surface area contributed by atoms with E-state index in [9.17, 15) is 9.59 Å². The number of carbonyl (C=O) groups is 2. The van der Waals surface area contributed by atoms with Gasteiger partial charge in [0.15, 0.2) is 0 Å². The number of hydrogen-bond acceptors (Lipinski definition) is 4. The van der Waals surface area contributed by atoms with E-state index in [1.807, 2.05) is 31.2 Å². The van der Waals surface area contributed by atoms with Crippen LogP contribution in [0.25, 0.3) is 0 Å². The highest BCUT2D eigenvalue weighted by molar-refractivity contribution is 5.94. The molecule has 6 heteroatoms. The van der Waals surface area contributed by atoms with Gasteiger partial charge in [-0.2, -0.15) is 0 Å². The number of nitrogens with one attached hydrogen (secondary N) is 3. The second-order valence-electron chi connectivity index (χ2n) is 7.21. The van der Waals surface area contributed by atoms with Crippen LogP contribution in [0.3, 0.4) is 0 Å². The minimum absolute atomic E-state index is 0.00797. The van der Waals surface area contributed by atoms with Crippen molar-refractivity contribution in [1.82, 2.24) is 0 Å². The number of amides is 2. The summed E-state index contributed by atoms with van der Waals surface area (Å²) >= 11 is 0. The van der Waals surface area contributed by atoms with Crippen LogP contribution in [-0.4, -0.2) is 25.0 Å². The number of unbranched alkanes of at least 4 members (excludes halogenated alkanes) is 3. The largest absolute Gasteiger partial charge is 0.494 e. The van der Waals surface area contributed by atoms with E-state index in [-0.39, 0.29) is 18.4 Å². The first-order valence-electron chi connectivity index (χ1n) is 10.8. The zero-order valence-corrected chi connectivity index (χ0v) is 18.0. The summed E-state index contributed by atoms with van der Waals surface area (Å²) in [6, 6.07) is 14.7. The van der Waals surface area contributed by atoms with Gasteiger partial charge in [-0.05, 0) is 61.4 Å². The third-order valence-electron chi connectivity index (χ3n) is 4.50. The predicted molar refractivity (Wildman–Crippen MR) is 123 cm³/mol. The first kappa shape index (κ1) is 23.3. The van der Waals surface area contributed by atoms with E-state index in [4.69, 9.17) is 4.74 Å². The van der Waals surface area contributed by atoms with Gasteiger partial charge in [-0.3, -0.25) is 9.59 Å². The molecule has 2 rings (SSSR count). The average Bonchev–Trinajstić information content (AvgIpc) is 2.74. The fourth-order valence-electron chi connectivity index (χ4n) is 2.86. The number of anilines is 3. The third-order valence-corrected chi connectivity index (χ3v) is 4.50. The summed E-state index contributed by atoms with van der Waals surface area (Å²) in [5.74, 6) is 0.688. The number of ether oxygens (including phenoxy) is 1. The van der Waals surface area contributed by atoms with E-state index >= 15 is 0 Å². The van der Waals surface area contributed by atoms with Crippen molar-refractivity contribution < 1.29 is 14.3 Å². The summed E-state index contributed by atoms with van der Waals surface area (Å²) in [5.41, 5.74) is 2.26. The topological polar surface area (TPSA) is 79.5 Å². The maximum absolute atomic E-state index is 12.2. The lowest BCUT2D eigenvalue weighted by Crippen LogP contribution is -2.21. The molecule has 0 spiro atoms. The van der Waals surface area contributed by atoms with Gasteiger partial charge in [-0.1, -0.05) is 33.1 Å². The van der Waals surface area contributed by atoms with Crippen LogP contribution >= 0.6 is 0 Å². The molecule has 0 aromatic heterocycles. The van der Waals surface area contributed by atoms with Gasteiger partial charge in [0.2, 0.25) is 11.8 Å². The molecule has 6 nitrogen and oxygen atoms in total. The molecule has 0 radical (unpaired) electrons. The summed E-state index contributed by atoms with van der Waals surface area (Å²) in [5, 5.41) is 8.76. The molecule has 2 amide bonds. The summed E-state index contributed by atoms with van der Waals surface area (Å²) in [6.45, 7) is 5.05. The van der Waals surface area contributed by atoms with Crippen LogP contribution in [0.4, 0.5) is 17.1 Å². The van der Waals surface area contributed by atoms with Crippen molar-refractivity contribution in [2.45, 2.75) is 52.4 Å². The number of rotatable bonds is 13. The first-order valence-corrected chi connectivity index (χ1v) is 10.8. The molecule has 2 aromatic rings. The monoisotopic (exact) mass is 411 g/mol. The molecule has 30 heavy (non-hydrogen) atoms. The van der Waals surface area contributed by atoms with Crippen LogP contribution in [-0.2, 0) is 9.59 Å². The zero-order valence-electron chi connectivity index (χ0n) is 18.0. The molecule has 0 aliphatic rings. The van der Waals surface area contributed by atoms with Crippen molar-refractivity contribution in [3.63, 3.8) is 0 Å². The summed E-state index contributed by atoms with van der Waals surface area (Å²) < 4.78 is 5.73. The number of benzene rings is 2. The van der Waals surface area contributed by atoms with Gasteiger partial charge in [-0.25, -0.2) is 0 Å². The van der Waals surface area contributed by atoms with Gasteiger partial charge in [0.25, 0.3) is 0 Å². The quantitative estimate of drug-likeness (QED) is 0.384. The highest BCUT2D eigenvalue weighted by atomic mass is 16.5. The molecule has 0 saturated carbocycles. The van der Waals surface area contributed by atoms with E-state index in [0.29, 0.717) is 12.1 Å². The first-order chi connectivity index (χ1) is 14.6. The van der Waals surface area contributed by atoms with E-state index in [1.54, 1.807) is 24.3 Å². The molecule has 0 saturated heterocycles. The van der Waals surface area contributed by atoms with Crippen molar-refractivity contribution >= 4 is 28.9 Å². The smallest absolute Gasteiger partial charge is 0.243 e. The zero-order chi connectivity index (χ0) is 21.6. The summed E-state index contributed by atoms with van der Waals surface area (Å²) in [4.78, 5) is 23.8. The predicted octanol–water partition coefficient (Wildman–Crippen LogP) is 5.43. The van der Waals surface area contributed by atoms with Gasteiger partial charge in [-0.15, -0.1) is 0 Å². The molecule has 0 fully saturated rings. The Kier molecular flexibility index (Phi) is 10.3. The summed E-state index contributed by atoms with van der Waals surface area (Å²) in [7, 11) is 0. The number of carbonyl (C=O) groups excluding carboxylic acids is 2. The van der Waals surface area contributed by atoms with Gasteiger partial charge >= 0.3 is 0 Å². The molecule has 2 aromatic carbocycles. The minimum atomic E-state index is -0.144. The molecule has 162 valence electrons. The standard InChI is InChI=1S/C24H33N3O3/c1-3-5-6-7-17-30-22-15-13-19(14-16-22)25-18-24(29)27-21-11-9-20(10-12-21)26-23(28)8-4-2/h9-16,25H,3-8,17-18H2,1-2H3,(H,26,28)(H,27,29). The lowest BCUT2D eigenvalue weighted by atomic mass is 10.2. The fraction of sp³-hybridized carbons (Fsp3) is 0.417. The van der Waals surface area contributed by atoms with Crippen LogP contribution in [0.15, 0.2) is 48.5 Å². The maximum atomic E-state index is 12.2. The Bertz CT molecular complexity index is 773. The Morgan fingerprint density at radius 2 is 1.33 bits per heavy atom. The van der Waals surface area contributed by atoms with Gasteiger partial charge in [0.1, 0.15) is 5.75 Å². The van der Waals surface area contributed by atoms with Crippen molar-refractivity contribution in [3.8, 4) is 5.75 Å². The van der Waals surface area contributed by atoms with E-state index in [0.717, 1.165) is 36.6 Å². The normalized spacial score (nSPS) is 10.3. The maximum Gasteiger partial charge on any atom is 0.243 e. The second kappa shape index (κ2) is 13.2. The minimum Gasteiger partial charge on any atom is -0.494 e. The van der Waals surface area contributed by atoms with Gasteiger partial charge in [0.05, 0.1) is 13.2 Å². The van der Waals surface area contributed by atoms with E-state index < -0.39 is 0 Å². The lowest BCUT2D eigenvalue weighted by molar-refractivity contribution is -0.116.